The first-order valence-electron chi connectivity index (χ1n) is 8.93. The van der Waals surface area contributed by atoms with Crippen molar-refractivity contribution in [3.8, 4) is 0 Å². The van der Waals surface area contributed by atoms with Crippen molar-refractivity contribution < 1.29 is 14.3 Å². The number of hydrogen-bond acceptors (Lipinski definition) is 6. The predicted octanol–water partition coefficient (Wildman–Crippen LogP) is 1.25. The summed E-state index contributed by atoms with van der Waals surface area (Å²) in [5.41, 5.74) is 1.84. The summed E-state index contributed by atoms with van der Waals surface area (Å²) in [4.78, 5) is 26.5. The molecule has 1 aromatic carbocycles. The second-order valence-electron chi connectivity index (χ2n) is 6.31. The predicted molar refractivity (Wildman–Crippen MR) is 102 cm³/mol. The number of carbonyl (C=O) groups excluding carboxylic acids is 1. The molecule has 146 valence electrons. The normalized spacial score (nSPS) is 15.0. The van der Waals surface area contributed by atoms with Gasteiger partial charge in [-0.05, 0) is 34.0 Å². The molecule has 1 fully saturated rings. The summed E-state index contributed by atoms with van der Waals surface area (Å²) in [7, 11) is 0. The molecule has 0 bridgehead atoms. The SMILES string of the molecule is CCOC(=O)Cn1c(Br)nn(Cc2ccc(CN3CCOCC3)cc2)c1=O. The number of esters is 1. The zero-order chi connectivity index (χ0) is 19.2. The molecule has 0 N–H and O–H groups in total. The van der Waals surface area contributed by atoms with Crippen molar-refractivity contribution in [3.63, 3.8) is 0 Å². The zero-order valence-electron chi connectivity index (χ0n) is 15.3. The Morgan fingerprint density at radius 1 is 1.19 bits per heavy atom. The molecule has 1 aromatic heterocycles. The summed E-state index contributed by atoms with van der Waals surface area (Å²) in [6.45, 7) is 6.53. The molecule has 0 saturated carbocycles. The third kappa shape index (κ3) is 5.27. The summed E-state index contributed by atoms with van der Waals surface area (Å²) in [5, 5.41) is 4.19. The third-order valence-corrected chi connectivity index (χ3v) is 4.92. The molecule has 1 aliphatic heterocycles. The Kier molecular flexibility index (Phi) is 6.81. The van der Waals surface area contributed by atoms with Crippen LogP contribution in [0, 0.1) is 0 Å². The van der Waals surface area contributed by atoms with Crippen LogP contribution in [0.2, 0.25) is 0 Å². The van der Waals surface area contributed by atoms with Gasteiger partial charge in [-0.2, -0.15) is 0 Å². The van der Waals surface area contributed by atoms with Gasteiger partial charge in [0.05, 0.1) is 26.4 Å². The van der Waals surface area contributed by atoms with Crippen LogP contribution in [0.4, 0.5) is 0 Å². The van der Waals surface area contributed by atoms with Crippen LogP contribution in [0.3, 0.4) is 0 Å². The van der Waals surface area contributed by atoms with Gasteiger partial charge in [-0.15, -0.1) is 5.10 Å². The topological polar surface area (TPSA) is 78.6 Å². The van der Waals surface area contributed by atoms with Gasteiger partial charge < -0.3 is 9.47 Å². The van der Waals surface area contributed by atoms with Gasteiger partial charge in [-0.1, -0.05) is 24.3 Å². The maximum atomic E-state index is 12.5. The van der Waals surface area contributed by atoms with E-state index in [-0.39, 0.29) is 18.8 Å². The van der Waals surface area contributed by atoms with Crippen LogP contribution in [0.15, 0.2) is 33.8 Å². The minimum Gasteiger partial charge on any atom is -0.465 e. The Morgan fingerprint density at radius 2 is 1.81 bits per heavy atom. The Hall–Kier alpha value is -1.97. The standard InChI is InChI=1S/C18H23BrN4O4/c1-2-27-16(24)13-22-17(19)20-23(18(22)25)12-15-5-3-14(4-6-15)11-21-7-9-26-10-8-21/h3-6H,2,7-13H2,1H3. The molecule has 8 nitrogen and oxygen atoms in total. The summed E-state index contributed by atoms with van der Waals surface area (Å²) < 4.78 is 13.2. The van der Waals surface area contributed by atoms with E-state index in [1.54, 1.807) is 6.92 Å². The molecule has 0 atom stereocenters. The minimum absolute atomic E-state index is 0.161. The van der Waals surface area contributed by atoms with Crippen molar-refractivity contribution in [2.75, 3.05) is 32.9 Å². The van der Waals surface area contributed by atoms with Crippen molar-refractivity contribution in [2.24, 2.45) is 0 Å². The van der Waals surface area contributed by atoms with E-state index >= 15 is 0 Å². The lowest BCUT2D eigenvalue weighted by Crippen LogP contribution is -2.35. The van der Waals surface area contributed by atoms with Crippen LogP contribution in [0.25, 0.3) is 0 Å². The fraction of sp³-hybridized carbons (Fsp3) is 0.500. The number of morpholine rings is 1. The molecule has 1 saturated heterocycles. The van der Waals surface area contributed by atoms with E-state index in [2.05, 4.69) is 38.1 Å². The lowest BCUT2D eigenvalue weighted by atomic mass is 10.1. The van der Waals surface area contributed by atoms with Crippen LogP contribution in [0.1, 0.15) is 18.1 Å². The molecule has 0 unspecified atom stereocenters. The molecule has 27 heavy (non-hydrogen) atoms. The smallest absolute Gasteiger partial charge is 0.347 e. The average Bonchev–Trinajstić information content (AvgIpc) is 2.92. The molecule has 0 amide bonds. The van der Waals surface area contributed by atoms with Crippen molar-refractivity contribution in [2.45, 2.75) is 26.6 Å². The summed E-state index contributed by atoms with van der Waals surface area (Å²) >= 11 is 3.24. The van der Waals surface area contributed by atoms with Gasteiger partial charge in [0.15, 0.2) is 0 Å². The minimum atomic E-state index is -0.465. The Balaban J connectivity index is 1.65. The van der Waals surface area contributed by atoms with Crippen LogP contribution < -0.4 is 5.69 Å². The first-order chi connectivity index (χ1) is 13.1. The second-order valence-corrected chi connectivity index (χ2v) is 7.01. The molecule has 0 radical (unpaired) electrons. The first kappa shape index (κ1) is 19.8. The van der Waals surface area contributed by atoms with E-state index in [1.165, 1.54) is 14.8 Å². The molecule has 3 rings (SSSR count). The fourth-order valence-corrected chi connectivity index (χ4v) is 3.40. The number of ether oxygens (including phenoxy) is 2. The highest BCUT2D eigenvalue weighted by Gasteiger charge is 2.15. The van der Waals surface area contributed by atoms with Gasteiger partial charge >= 0.3 is 11.7 Å². The number of aromatic nitrogens is 3. The summed E-state index contributed by atoms with van der Waals surface area (Å²) in [6, 6.07) is 8.14. The quantitative estimate of drug-likeness (QED) is 0.605. The number of carbonyl (C=O) groups is 1. The highest BCUT2D eigenvalue weighted by Crippen LogP contribution is 2.11. The van der Waals surface area contributed by atoms with E-state index in [9.17, 15) is 9.59 Å². The van der Waals surface area contributed by atoms with Gasteiger partial charge in [0.25, 0.3) is 0 Å². The molecule has 2 aromatic rings. The molecule has 0 aliphatic carbocycles. The molecular weight excluding hydrogens is 416 g/mol. The van der Waals surface area contributed by atoms with E-state index in [4.69, 9.17) is 9.47 Å². The molecule has 2 heterocycles. The van der Waals surface area contributed by atoms with Crippen LogP contribution in [0.5, 0.6) is 0 Å². The maximum absolute atomic E-state index is 12.5. The number of benzene rings is 1. The first-order valence-corrected chi connectivity index (χ1v) is 9.73. The molecular formula is C18H23BrN4O4. The average molecular weight is 439 g/mol. The van der Waals surface area contributed by atoms with Gasteiger partial charge in [0.1, 0.15) is 6.54 Å². The molecule has 1 aliphatic rings. The third-order valence-electron chi connectivity index (χ3n) is 4.34. The highest BCUT2D eigenvalue weighted by atomic mass is 79.9. The number of rotatable bonds is 7. The van der Waals surface area contributed by atoms with Gasteiger partial charge in [0.2, 0.25) is 4.73 Å². The Morgan fingerprint density at radius 3 is 2.44 bits per heavy atom. The van der Waals surface area contributed by atoms with Crippen LogP contribution in [-0.4, -0.2) is 58.1 Å². The van der Waals surface area contributed by atoms with Gasteiger partial charge in [-0.3, -0.25) is 14.3 Å². The largest absolute Gasteiger partial charge is 0.465 e. The molecule has 9 heteroatoms. The fourth-order valence-electron chi connectivity index (χ4n) is 2.93. The van der Waals surface area contributed by atoms with E-state index in [0.29, 0.717) is 11.3 Å². The lowest BCUT2D eigenvalue weighted by molar-refractivity contribution is -0.143. The van der Waals surface area contributed by atoms with Crippen molar-refractivity contribution in [1.82, 2.24) is 19.2 Å². The number of halogens is 1. The maximum Gasteiger partial charge on any atom is 0.347 e. The van der Waals surface area contributed by atoms with Crippen LogP contribution >= 0.6 is 15.9 Å². The van der Waals surface area contributed by atoms with Gasteiger partial charge in [-0.25, -0.2) is 9.48 Å². The monoisotopic (exact) mass is 438 g/mol. The Bertz CT molecular complexity index is 825. The van der Waals surface area contributed by atoms with Crippen molar-refractivity contribution >= 4 is 21.9 Å². The highest BCUT2D eigenvalue weighted by molar-refractivity contribution is 9.10. The summed E-state index contributed by atoms with van der Waals surface area (Å²) in [6.07, 6.45) is 0. The van der Waals surface area contributed by atoms with Gasteiger partial charge in [0, 0.05) is 19.6 Å². The zero-order valence-corrected chi connectivity index (χ0v) is 16.9. The lowest BCUT2D eigenvalue weighted by Gasteiger charge is -2.26. The van der Waals surface area contributed by atoms with E-state index in [1.807, 2.05) is 12.1 Å². The van der Waals surface area contributed by atoms with E-state index < -0.39 is 5.97 Å². The number of hydrogen-bond donors (Lipinski definition) is 0. The van der Waals surface area contributed by atoms with Crippen LogP contribution in [-0.2, 0) is 33.9 Å². The van der Waals surface area contributed by atoms with Crippen molar-refractivity contribution in [3.05, 3.63) is 50.6 Å². The number of nitrogens with zero attached hydrogens (tertiary/aromatic N) is 4. The second kappa shape index (κ2) is 9.29. The van der Waals surface area contributed by atoms with Crippen molar-refractivity contribution in [1.29, 1.82) is 0 Å². The summed E-state index contributed by atoms with van der Waals surface area (Å²) in [5.74, 6) is -0.465. The molecule has 0 spiro atoms. The Labute approximate surface area is 165 Å². The van der Waals surface area contributed by atoms with E-state index in [0.717, 1.165) is 38.4 Å².